The molecule has 4 nitrogen and oxygen atoms in total. The van der Waals surface area contributed by atoms with Crippen molar-refractivity contribution in [3.8, 4) is 0 Å². The molecule has 0 spiro atoms. The summed E-state index contributed by atoms with van der Waals surface area (Å²) in [4.78, 5) is 6.73. The molecule has 1 aromatic rings. The third kappa shape index (κ3) is 1.92. The maximum Gasteiger partial charge on any atom is 0.103 e. The first kappa shape index (κ1) is 12.2. The molecule has 0 amide bonds. The molecule has 0 aromatic heterocycles. The van der Waals surface area contributed by atoms with Crippen LogP contribution in [0, 0.1) is 0 Å². The van der Waals surface area contributed by atoms with E-state index in [0.717, 1.165) is 41.4 Å². The number of aliphatic hydroxyl groups excluding tert-OH is 1. The molecule has 0 radical (unpaired) electrons. The zero-order valence-corrected chi connectivity index (χ0v) is 11.3. The molecule has 2 N–H and O–H groups in total. The Morgan fingerprint density at radius 2 is 2.26 bits per heavy atom. The summed E-state index contributed by atoms with van der Waals surface area (Å²) >= 11 is 0. The number of benzene rings is 1. The lowest BCUT2D eigenvalue weighted by molar-refractivity contribution is 0.147. The summed E-state index contributed by atoms with van der Waals surface area (Å²) in [6, 6.07) is 5.89. The van der Waals surface area contributed by atoms with E-state index in [2.05, 4.69) is 21.8 Å². The van der Waals surface area contributed by atoms with Crippen LogP contribution in [0.15, 0.2) is 35.6 Å². The summed E-state index contributed by atoms with van der Waals surface area (Å²) in [5, 5.41) is 13.9. The molecule has 4 heteroatoms. The van der Waals surface area contributed by atoms with E-state index in [1.807, 2.05) is 32.0 Å². The number of nitrogens with one attached hydrogen (secondary N) is 1. The van der Waals surface area contributed by atoms with E-state index in [1.165, 1.54) is 0 Å². The van der Waals surface area contributed by atoms with Crippen LogP contribution in [-0.2, 0) is 0 Å². The minimum atomic E-state index is -0.553. The van der Waals surface area contributed by atoms with Gasteiger partial charge in [0.1, 0.15) is 11.9 Å². The normalized spacial score (nSPS) is 24.6. The molecule has 0 bridgehead atoms. The third-order valence-corrected chi connectivity index (χ3v) is 3.70. The predicted octanol–water partition coefficient (Wildman–Crippen LogP) is 2.68. The summed E-state index contributed by atoms with van der Waals surface area (Å²) in [6.45, 7) is 8.82. The highest BCUT2D eigenvalue weighted by atomic mass is 16.3. The summed E-state index contributed by atoms with van der Waals surface area (Å²) in [7, 11) is 0. The van der Waals surface area contributed by atoms with Gasteiger partial charge in [-0.1, -0.05) is 18.7 Å². The third-order valence-electron chi connectivity index (χ3n) is 3.70. The van der Waals surface area contributed by atoms with Gasteiger partial charge in [-0.25, -0.2) is 0 Å². The Balaban J connectivity index is 2.09. The van der Waals surface area contributed by atoms with Crippen molar-refractivity contribution in [2.45, 2.75) is 32.4 Å². The molecular formula is C15H19N3O. The fraction of sp³-hybridized carbons (Fsp3) is 0.400. The van der Waals surface area contributed by atoms with Crippen molar-refractivity contribution in [3.63, 3.8) is 0 Å². The van der Waals surface area contributed by atoms with Gasteiger partial charge in [0.15, 0.2) is 0 Å². The van der Waals surface area contributed by atoms with E-state index in [9.17, 15) is 5.11 Å². The summed E-state index contributed by atoms with van der Waals surface area (Å²) in [5.41, 5.74) is 4.03. The van der Waals surface area contributed by atoms with Gasteiger partial charge < -0.3 is 15.3 Å². The fourth-order valence-electron chi connectivity index (χ4n) is 2.90. The Labute approximate surface area is 113 Å². The Kier molecular flexibility index (Phi) is 2.82. The Hall–Kier alpha value is -1.81. The van der Waals surface area contributed by atoms with Crippen LogP contribution in [0.1, 0.15) is 31.9 Å². The molecule has 2 aliphatic rings. The Morgan fingerprint density at radius 3 is 3.00 bits per heavy atom. The van der Waals surface area contributed by atoms with Crippen molar-refractivity contribution in [1.82, 2.24) is 0 Å². The molecule has 3 rings (SSSR count). The maximum absolute atomic E-state index is 10.6. The highest BCUT2D eigenvalue weighted by molar-refractivity contribution is 5.84. The second-order valence-corrected chi connectivity index (χ2v) is 5.34. The molecule has 1 aromatic carbocycles. The van der Waals surface area contributed by atoms with Crippen LogP contribution >= 0.6 is 0 Å². The van der Waals surface area contributed by atoms with E-state index in [4.69, 9.17) is 0 Å². The predicted molar refractivity (Wildman–Crippen MR) is 78.7 cm³/mol. The van der Waals surface area contributed by atoms with Gasteiger partial charge in [-0.2, -0.15) is 0 Å². The Morgan fingerprint density at radius 1 is 1.47 bits per heavy atom. The molecule has 2 heterocycles. The van der Waals surface area contributed by atoms with Crippen LogP contribution in [0.4, 0.5) is 11.4 Å². The van der Waals surface area contributed by atoms with Gasteiger partial charge in [0.25, 0.3) is 0 Å². The van der Waals surface area contributed by atoms with Crippen molar-refractivity contribution in [3.05, 3.63) is 36.2 Å². The quantitative estimate of drug-likeness (QED) is 0.760. The average Bonchev–Trinajstić information content (AvgIpc) is 2.61. The zero-order chi connectivity index (χ0) is 13.6. The monoisotopic (exact) mass is 257 g/mol. The average molecular weight is 257 g/mol. The molecule has 2 atom stereocenters. The highest BCUT2D eigenvalue weighted by Crippen LogP contribution is 2.44. The molecule has 0 saturated heterocycles. The van der Waals surface area contributed by atoms with E-state index in [-0.39, 0.29) is 6.04 Å². The smallest absolute Gasteiger partial charge is 0.103 e. The number of nitrogens with zero attached hydrogens (tertiary/aromatic N) is 2. The van der Waals surface area contributed by atoms with Gasteiger partial charge in [0.2, 0.25) is 0 Å². The number of para-hydroxylation sites is 1. The van der Waals surface area contributed by atoms with Crippen LogP contribution in [0.5, 0.6) is 0 Å². The zero-order valence-electron chi connectivity index (χ0n) is 11.3. The van der Waals surface area contributed by atoms with Crippen LogP contribution < -0.4 is 10.2 Å². The van der Waals surface area contributed by atoms with E-state index >= 15 is 0 Å². The lowest BCUT2D eigenvalue weighted by Crippen LogP contribution is -2.23. The second kappa shape index (κ2) is 4.38. The number of aliphatic imine (C=N–C) groups is 1. The summed E-state index contributed by atoms with van der Waals surface area (Å²) in [6.07, 6.45) is 0.267. The Bertz CT molecular complexity index is 561. The minimum Gasteiger partial charge on any atom is -0.386 e. The number of rotatable bonds is 1. The fourth-order valence-corrected chi connectivity index (χ4v) is 2.90. The minimum absolute atomic E-state index is 0.0742. The van der Waals surface area contributed by atoms with E-state index in [1.54, 1.807) is 0 Å². The van der Waals surface area contributed by atoms with Crippen LogP contribution in [0.3, 0.4) is 0 Å². The first-order chi connectivity index (χ1) is 9.08. The van der Waals surface area contributed by atoms with Crippen molar-refractivity contribution < 1.29 is 5.11 Å². The lowest BCUT2D eigenvalue weighted by atomic mass is 10.00. The molecule has 2 unspecified atom stereocenters. The van der Waals surface area contributed by atoms with Gasteiger partial charge in [0.05, 0.1) is 17.4 Å². The van der Waals surface area contributed by atoms with Gasteiger partial charge in [-0.15, -0.1) is 0 Å². The summed E-state index contributed by atoms with van der Waals surface area (Å²) in [5.74, 6) is 0.882. The highest BCUT2D eigenvalue weighted by Gasteiger charge is 2.34. The first-order valence-electron chi connectivity index (χ1n) is 6.63. The number of anilines is 2. The van der Waals surface area contributed by atoms with Crippen LogP contribution in [-0.4, -0.2) is 23.4 Å². The maximum atomic E-state index is 10.6. The number of hydrogen-bond donors (Lipinski definition) is 2. The standard InChI is InChI=1S/C15H19N3O/c1-9(2)16-13-7-8-18-10(3)17-12-6-4-5-11(14(12)18)15(13)19/h4-6,13,15,17,19H,3,7-8H2,1-2H3. The van der Waals surface area contributed by atoms with Gasteiger partial charge in [-0.05, 0) is 26.3 Å². The van der Waals surface area contributed by atoms with Crippen molar-refractivity contribution in [1.29, 1.82) is 0 Å². The molecular weight excluding hydrogens is 238 g/mol. The lowest BCUT2D eigenvalue weighted by Gasteiger charge is -2.18. The number of aliphatic hydroxyl groups is 1. The molecule has 19 heavy (non-hydrogen) atoms. The molecule has 2 aliphatic heterocycles. The largest absolute Gasteiger partial charge is 0.386 e. The second-order valence-electron chi connectivity index (χ2n) is 5.34. The molecule has 0 aliphatic carbocycles. The van der Waals surface area contributed by atoms with Crippen molar-refractivity contribution in [2.75, 3.05) is 16.8 Å². The van der Waals surface area contributed by atoms with Gasteiger partial charge >= 0.3 is 0 Å². The SMILES string of the molecule is C=C1Nc2cccc3c2N1CCC(N=C(C)C)C3O. The van der Waals surface area contributed by atoms with Crippen LogP contribution in [0.25, 0.3) is 0 Å². The van der Waals surface area contributed by atoms with Crippen molar-refractivity contribution >= 4 is 17.1 Å². The summed E-state index contributed by atoms with van der Waals surface area (Å²) < 4.78 is 0. The topological polar surface area (TPSA) is 47.9 Å². The van der Waals surface area contributed by atoms with E-state index < -0.39 is 6.10 Å². The number of hydrogen-bond acceptors (Lipinski definition) is 4. The van der Waals surface area contributed by atoms with Crippen LogP contribution in [0.2, 0.25) is 0 Å². The van der Waals surface area contributed by atoms with Gasteiger partial charge in [-0.3, -0.25) is 4.99 Å². The first-order valence-corrected chi connectivity index (χ1v) is 6.63. The molecule has 0 fully saturated rings. The molecule has 100 valence electrons. The van der Waals surface area contributed by atoms with Crippen molar-refractivity contribution in [2.24, 2.45) is 4.99 Å². The molecule has 0 saturated carbocycles. The van der Waals surface area contributed by atoms with E-state index in [0.29, 0.717) is 0 Å². The van der Waals surface area contributed by atoms with Gasteiger partial charge in [0, 0.05) is 17.8 Å².